The molecule has 23 heavy (non-hydrogen) atoms. The Hall–Kier alpha value is -3.21. The number of benzene rings is 2. The van der Waals surface area contributed by atoms with Crippen LogP contribution in [0.4, 0.5) is 5.95 Å². The molecule has 0 atom stereocenters. The van der Waals surface area contributed by atoms with E-state index in [1.54, 1.807) is 6.20 Å². The highest BCUT2D eigenvalue weighted by molar-refractivity contribution is 5.95. The van der Waals surface area contributed by atoms with Crippen molar-refractivity contribution in [1.82, 2.24) is 15.0 Å². The average molecular weight is 302 g/mol. The third-order valence-electron chi connectivity index (χ3n) is 3.71. The highest BCUT2D eigenvalue weighted by Crippen LogP contribution is 2.17. The van der Waals surface area contributed by atoms with Crippen molar-refractivity contribution in [3.63, 3.8) is 0 Å². The molecule has 4 aromatic rings. The first-order valence-corrected chi connectivity index (χ1v) is 7.37. The van der Waals surface area contributed by atoms with Crippen molar-refractivity contribution < 1.29 is 4.79 Å². The number of pyridine rings is 1. The van der Waals surface area contributed by atoms with Gasteiger partial charge in [0.2, 0.25) is 11.9 Å². The Bertz CT molecular complexity index is 968. The molecule has 5 heteroatoms. The number of hydrogen-bond donors (Lipinski definition) is 2. The molecule has 1 amide bonds. The van der Waals surface area contributed by atoms with Crippen LogP contribution in [0.1, 0.15) is 5.56 Å². The lowest BCUT2D eigenvalue weighted by Crippen LogP contribution is -2.15. The molecule has 0 bridgehead atoms. The molecule has 0 fully saturated rings. The van der Waals surface area contributed by atoms with Crippen LogP contribution < -0.4 is 5.32 Å². The summed E-state index contributed by atoms with van der Waals surface area (Å²) in [6.07, 6.45) is 1.99. The molecule has 4 rings (SSSR count). The third kappa shape index (κ3) is 2.64. The molecule has 112 valence electrons. The van der Waals surface area contributed by atoms with Crippen LogP contribution in [0.5, 0.6) is 0 Å². The van der Waals surface area contributed by atoms with E-state index in [1.165, 1.54) is 0 Å². The van der Waals surface area contributed by atoms with Gasteiger partial charge in [0.25, 0.3) is 0 Å². The van der Waals surface area contributed by atoms with Gasteiger partial charge in [0, 0.05) is 11.6 Å². The molecule has 0 saturated carbocycles. The summed E-state index contributed by atoms with van der Waals surface area (Å²) in [5.41, 5.74) is 3.48. The molecular weight excluding hydrogens is 288 g/mol. The molecule has 0 unspecified atom stereocenters. The van der Waals surface area contributed by atoms with Crippen molar-refractivity contribution in [1.29, 1.82) is 0 Å². The van der Waals surface area contributed by atoms with Gasteiger partial charge in [-0.15, -0.1) is 0 Å². The van der Waals surface area contributed by atoms with Gasteiger partial charge in [-0.05, 0) is 23.8 Å². The number of nitrogens with one attached hydrogen (secondary N) is 2. The largest absolute Gasteiger partial charge is 0.324 e. The van der Waals surface area contributed by atoms with Crippen LogP contribution in [0.3, 0.4) is 0 Å². The maximum atomic E-state index is 12.3. The van der Waals surface area contributed by atoms with E-state index >= 15 is 0 Å². The number of amides is 1. The van der Waals surface area contributed by atoms with Gasteiger partial charge >= 0.3 is 0 Å². The summed E-state index contributed by atoms with van der Waals surface area (Å²) >= 11 is 0. The standard InChI is InChI=1S/C18H14N4O/c23-16(22-18-20-14-8-1-2-9-15(14)21-18)11-13-6-3-5-12-7-4-10-19-17(12)13/h1-10H,11H2,(H2,20,21,22,23). The Morgan fingerprint density at radius 2 is 1.91 bits per heavy atom. The number of H-pyrrole nitrogens is 1. The van der Waals surface area contributed by atoms with Gasteiger partial charge in [-0.2, -0.15) is 0 Å². The quantitative estimate of drug-likeness (QED) is 0.610. The zero-order valence-corrected chi connectivity index (χ0v) is 12.3. The van der Waals surface area contributed by atoms with Gasteiger partial charge in [-0.25, -0.2) is 4.98 Å². The summed E-state index contributed by atoms with van der Waals surface area (Å²) in [5.74, 6) is 0.339. The topological polar surface area (TPSA) is 70.7 Å². The fourth-order valence-corrected chi connectivity index (χ4v) is 2.67. The minimum Gasteiger partial charge on any atom is -0.324 e. The van der Waals surface area contributed by atoms with Gasteiger partial charge in [0.15, 0.2) is 0 Å². The van der Waals surface area contributed by atoms with Gasteiger partial charge < -0.3 is 4.98 Å². The normalized spacial score (nSPS) is 11.0. The second-order valence-electron chi connectivity index (χ2n) is 5.32. The summed E-state index contributed by atoms with van der Waals surface area (Å²) in [6, 6.07) is 17.4. The smallest absolute Gasteiger partial charge is 0.231 e. The van der Waals surface area contributed by atoms with Crippen LogP contribution in [0, 0.1) is 0 Å². The van der Waals surface area contributed by atoms with Crippen LogP contribution >= 0.6 is 0 Å². The van der Waals surface area contributed by atoms with Crippen molar-refractivity contribution in [2.45, 2.75) is 6.42 Å². The van der Waals surface area contributed by atoms with Gasteiger partial charge in [-0.3, -0.25) is 15.1 Å². The van der Waals surface area contributed by atoms with E-state index in [9.17, 15) is 4.79 Å². The molecule has 5 nitrogen and oxygen atoms in total. The Morgan fingerprint density at radius 1 is 1.04 bits per heavy atom. The van der Waals surface area contributed by atoms with Crippen LogP contribution in [0.25, 0.3) is 21.9 Å². The van der Waals surface area contributed by atoms with Crippen molar-refractivity contribution in [2.75, 3.05) is 5.32 Å². The van der Waals surface area contributed by atoms with E-state index in [0.717, 1.165) is 27.5 Å². The number of aromatic amines is 1. The fourth-order valence-electron chi connectivity index (χ4n) is 2.67. The lowest BCUT2D eigenvalue weighted by atomic mass is 10.1. The molecule has 0 radical (unpaired) electrons. The van der Waals surface area contributed by atoms with Crippen LogP contribution in [-0.2, 0) is 11.2 Å². The van der Waals surface area contributed by atoms with E-state index in [4.69, 9.17) is 0 Å². The van der Waals surface area contributed by atoms with E-state index in [2.05, 4.69) is 20.3 Å². The molecule has 0 aliphatic heterocycles. The first-order valence-electron chi connectivity index (χ1n) is 7.37. The summed E-state index contributed by atoms with van der Waals surface area (Å²) < 4.78 is 0. The lowest BCUT2D eigenvalue weighted by Gasteiger charge is -2.05. The molecule has 0 aliphatic carbocycles. The predicted octanol–water partition coefficient (Wildman–Crippen LogP) is 3.29. The SMILES string of the molecule is O=C(Cc1cccc2cccnc12)Nc1nc2ccccc2[nH]1. The first kappa shape index (κ1) is 13.5. The average Bonchev–Trinajstić information content (AvgIpc) is 2.97. The van der Waals surface area contributed by atoms with Crippen molar-refractivity contribution in [3.8, 4) is 0 Å². The first-order chi connectivity index (χ1) is 11.3. The van der Waals surface area contributed by atoms with E-state index in [1.807, 2.05) is 54.6 Å². The van der Waals surface area contributed by atoms with Crippen molar-refractivity contribution in [3.05, 3.63) is 66.4 Å². The molecule has 0 saturated heterocycles. The number of carbonyl (C=O) groups is 1. The number of anilines is 1. The maximum Gasteiger partial charge on any atom is 0.231 e. The van der Waals surface area contributed by atoms with E-state index in [-0.39, 0.29) is 12.3 Å². The minimum atomic E-state index is -0.123. The predicted molar refractivity (Wildman–Crippen MR) is 90.2 cm³/mol. The lowest BCUT2D eigenvalue weighted by molar-refractivity contribution is -0.115. The number of nitrogens with zero attached hydrogens (tertiary/aromatic N) is 2. The van der Waals surface area contributed by atoms with Crippen LogP contribution in [0.2, 0.25) is 0 Å². The maximum absolute atomic E-state index is 12.3. The number of hydrogen-bond acceptors (Lipinski definition) is 3. The minimum absolute atomic E-state index is 0.123. The monoisotopic (exact) mass is 302 g/mol. The second kappa shape index (κ2) is 5.53. The number of rotatable bonds is 3. The molecule has 0 spiro atoms. The van der Waals surface area contributed by atoms with Gasteiger partial charge in [-0.1, -0.05) is 36.4 Å². The van der Waals surface area contributed by atoms with E-state index < -0.39 is 0 Å². The number of imidazole rings is 1. The Kier molecular flexibility index (Phi) is 3.24. The zero-order chi connectivity index (χ0) is 15.6. The molecular formula is C18H14N4O. The van der Waals surface area contributed by atoms with Gasteiger partial charge in [0.1, 0.15) is 0 Å². The number of para-hydroxylation sites is 3. The molecule has 2 N–H and O–H groups in total. The Balaban J connectivity index is 1.57. The Morgan fingerprint density at radius 3 is 2.83 bits per heavy atom. The van der Waals surface area contributed by atoms with Crippen LogP contribution in [0.15, 0.2) is 60.8 Å². The molecule has 2 heterocycles. The fraction of sp³-hybridized carbons (Fsp3) is 0.0556. The van der Waals surface area contributed by atoms with Crippen molar-refractivity contribution >= 4 is 33.8 Å². The summed E-state index contributed by atoms with van der Waals surface area (Å²) in [5, 5.41) is 3.84. The third-order valence-corrected chi connectivity index (χ3v) is 3.71. The number of aromatic nitrogens is 3. The second-order valence-corrected chi connectivity index (χ2v) is 5.32. The van der Waals surface area contributed by atoms with Gasteiger partial charge in [0.05, 0.1) is 23.0 Å². The highest BCUT2D eigenvalue weighted by Gasteiger charge is 2.10. The summed E-state index contributed by atoms with van der Waals surface area (Å²) in [6.45, 7) is 0. The summed E-state index contributed by atoms with van der Waals surface area (Å²) in [4.78, 5) is 24.1. The van der Waals surface area contributed by atoms with E-state index in [0.29, 0.717) is 5.95 Å². The molecule has 2 aromatic heterocycles. The van der Waals surface area contributed by atoms with Crippen molar-refractivity contribution in [2.24, 2.45) is 0 Å². The zero-order valence-electron chi connectivity index (χ0n) is 12.3. The number of fused-ring (bicyclic) bond motifs is 2. The summed E-state index contributed by atoms with van der Waals surface area (Å²) in [7, 11) is 0. The Labute approximate surface area is 132 Å². The van der Waals surface area contributed by atoms with Crippen LogP contribution in [-0.4, -0.2) is 20.9 Å². The molecule has 2 aromatic carbocycles. The molecule has 0 aliphatic rings. The number of carbonyl (C=O) groups excluding carboxylic acids is 1. The highest BCUT2D eigenvalue weighted by atomic mass is 16.1.